The summed E-state index contributed by atoms with van der Waals surface area (Å²) in [5, 5.41) is 0. The highest BCUT2D eigenvalue weighted by Gasteiger charge is 2.38. The van der Waals surface area contributed by atoms with E-state index in [0.29, 0.717) is 5.56 Å². The highest BCUT2D eigenvalue weighted by molar-refractivity contribution is 5.69. The second-order valence-electron chi connectivity index (χ2n) is 4.86. The van der Waals surface area contributed by atoms with E-state index in [2.05, 4.69) is 4.98 Å². The monoisotopic (exact) mass is 303 g/mol. The van der Waals surface area contributed by atoms with Gasteiger partial charge in [-0.25, -0.2) is 4.98 Å². The van der Waals surface area contributed by atoms with Gasteiger partial charge in [-0.05, 0) is 18.1 Å². The first-order chi connectivity index (χ1) is 10.4. The van der Waals surface area contributed by atoms with Gasteiger partial charge >= 0.3 is 12.1 Å². The molecule has 0 spiro atoms. The van der Waals surface area contributed by atoms with E-state index in [-0.39, 0.29) is 11.5 Å². The molecule has 3 rings (SSSR count). The number of rotatable bonds is 2. The number of hydrogen-bond acceptors (Lipinski definition) is 2. The van der Waals surface area contributed by atoms with E-state index in [1.165, 1.54) is 6.92 Å². The average Bonchev–Trinajstić information content (AvgIpc) is 2.90. The zero-order chi connectivity index (χ0) is 15.7. The number of alkyl halides is 3. The number of nitrogens with zero attached hydrogens (tertiary/aromatic N) is 1. The lowest BCUT2D eigenvalue weighted by Gasteiger charge is -2.03. The van der Waals surface area contributed by atoms with Crippen LogP contribution in [-0.4, -0.2) is 4.98 Å². The van der Waals surface area contributed by atoms with Crippen LogP contribution in [0.4, 0.5) is 13.2 Å². The maximum Gasteiger partial charge on any atom is 0.468 e. The number of aryl methyl sites for hydroxylation is 1. The summed E-state index contributed by atoms with van der Waals surface area (Å²) in [6, 6.07) is 16.9. The molecule has 0 fully saturated rings. The average molecular weight is 303 g/mol. The van der Waals surface area contributed by atoms with Gasteiger partial charge in [0.2, 0.25) is 0 Å². The van der Waals surface area contributed by atoms with Crippen LogP contribution in [0.5, 0.6) is 0 Å². The zero-order valence-electron chi connectivity index (χ0n) is 11.7. The van der Waals surface area contributed by atoms with Gasteiger partial charge in [-0.1, -0.05) is 54.6 Å². The Morgan fingerprint density at radius 1 is 0.818 bits per heavy atom. The Morgan fingerprint density at radius 2 is 1.36 bits per heavy atom. The van der Waals surface area contributed by atoms with Gasteiger partial charge in [0, 0.05) is 5.56 Å². The van der Waals surface area contributed by atoms with Crippen molar-refractivity contribution in [3.8, 4) is 22.4 Å². The van der Waals surface area contributed by atoms with Crippen LogP contribution >= 0.6 is 0 Å². The molecular weight excluding hydrogens is 291 g/mol. The molecular formula is C17H12F3NO. The minimum atomic E-state index is -4.58. The van der Waals surface area contributed by atoms with E-state index in [1.54, 1.807) is 12.1 Å². The van der Waals surface area contributed by atoms with E-state index in [0.717, 1.165) is 11.1 Å². The van der Waals surface area contributed by atoms with Crippen LogP contribution in [0, 0.1) is 6.92 Å². The Hall–Kier alpha value is -2.56. The molecule has 112 valence electrons. The fraction of sp³-hybridized carbons (Fsp3) is 0.118. The van der Waals surface area contributed by atoms with Crippen molar-refractivity contribution in [2.75, 3.05) is 0 Å². The third kappa shape index (κ3) is 2.74. The summed E-state index contributed by atoms with van der Waals surface area (Å²) >= 11 is 0. The summed E-state index contributed by atoms with van der Waals surface area (Å²) in [5.41, 5.74) is 2.84. The fourth-order valence-electron chi connectivity index (χ4n) is 2.24. The van der Waals surface area contributed by atoms with Crippen molar-refractivity contribution in [2.24, 2.45) is 0 Å². The number of hydrogen-bond donors (Lipinski definition) is 0. The molecule has 0 unspecified atom stereocenters. The summed E-state index contributed by atoms with van der Waals surface area (Å²) in [4.78, 5) is 3.56. The number of oxazole rings is 1. The van der Waals surface area contributed by atoms with Gasteiger partial charge in [0.25, 0.3) is 0 Å². The maximum absolute atomic E-state index is 12.6. The Balaban J connectivity index is 1.95. The summed E-state index contributed by atoms with van der Waals surface area (Å²) < 4.78 is 42.6. The molecule has 22 heavy (non-hydrogen) atoms. The molecule has 0 atom stereocenters. The molecule has 0 bridgehead atoms. The first-order valence-corrected chi connectivity index (χ1v) is 6.65. The highest BCUT2D eigenvalue weighted by atomic mass is 19.4. The second-order valence-corrected chi connectivity index (χ2v) is 4.86. The molecule has 0 aliphatic heterocycles. The summed E-state index contributed by atoms with van der Waals surface area (Å²) in [6.07, 6.45) is -4.58. The fourth-order valence-corrected chi connectivity index (χ4v) is 2.24. The Labute approximate surface area is 125 Å². The maximum atomic E-state index is 12.6. The molecule has 0 saturated carbocycles. The minimum Gasteiger partial charge on any atom is -0.438 e. The largest absolute Gasteiger partial charge is 0.468 e. The lowest BCUT2D eigenvalue weighted by Crippen LogP contribution is -2.04. The van der Waals surface area contributed by atoms with Crippen LogP contribution in [0.15, 0.2) is 59.0 Å². The molecule has 5 heteroatoms. The van der Waals surface area contributed by atoms with Crippen LogP contribution in [0.1, 0.15) is 11.7 Å². The lowest BCUT2D eigenvalue weighted by molar-refractivity contribution is -0.157. The van der Waals surface area contributed by atoms with E-state index >= 15 is 0 Å². The number of aromatic nitrogens is 1. The van der Waals surface area contributed by atoms with E-state index in [1.807, 2.05) is 42.5 Å². The van der Waals surface area contributed by atoms with Crippen molar-refractivity contribution in [3.05, 3.63) is 66.2 Å². The first kappa shape index (κ1) is 14.4. The molecule has 2 nitrogen and oxygen atoms in total. The molecule has 1 aromatic heterocycles. The topological polar surface area (TPSA) is 26.0 Å². The van der Waals surface area contributed by atoms with Gasteiger partial charge < -0.3 is 4.42 Å². The van der Waals surface area contributed by atoms with Crippen molar-refractivity contribution in [1.29, 1.82) is 0 Å². The molecule has 0 saturated heterocycles. The second kappa shape index (κ2) is 5.33. The zero-order valence-corrected chi connectivity index (χ0v) is 11.7. The molecule has 0 aliphatic carbocycles. The molecule has 1 heterocycles. The standard InChI is InChI=1S/C17H12F3NO/c1-11-15(21-16(22-11)17(18,19)20)14-9-7-13(8-10-14)12-5-3-2-4-6-12/h2-10H,1H3. The highest BCUT2D eigenvalue weighted by Crippen LogP contribution is 2.33. The van der Waals surface area contributed by atoms with Gasteiger partial charge in [0.15, 0.2) is 0 Å². The molecule has 0 amide bonds. The summed E-state index contributed by atoms with van der Waals surface area (Å²) in [7, 11) is 0. The van der Waals surface area contributed by atoms with Crippen LogP contribution in [0.3, 0.4) is 0 Å². The van der Waals surface area contributed by atoms with Crippen molar-refractivity contribution >= 4 is 0 Å². The molecule has 0 N–H and O–H groups in total. The van der Waals surface area contributed by atoms with Crippen molar-refractivity contribution < 1.29 is 17.6 Å². The normalized spacial score (nSPS) is 11.6. The van der Waals surface area contributed by atoms with Gasteiger partial charge in [-0.3, -0.25) is 0 Å². The number of benzene rings is 2. The minimum absolute atomic E-state index is 0.153. The van der Waals surface area contributed by atoms with E-state index < -0.39 is 12.1 Å². The summed E-state index contributed by atoms with van der Waals surface area (Å²) in [6.45, 7) is 1.47. The van der Waals surface area contributed by atoms with Crippen LogP contribution in [0.2, 0.25) is 0 Å². The third-order valence-corrected chi connectivity index (χ3v) is 3.30. The van der Waals surface area contributed by atoms with Crippen molar-refractivity contribution in [2.45, 2.75) is 13.1 Å². The van der Waals surface area contributed by atoms with Gasteiger partial charge in [-0.2, -0.15) is 13.2 Å². The number of halogens is 3. The molecule has 3 aromatic rings. The Bertz CT molecular complexity index is 774. The lowest BCUT2D eigenvalue weighted by atomic mass is 10.0. The van der Waals surface area contributed by atoms with Crippen LogP contribution < -0.4 is 0 Å². The SMILES string of the molecule is Cc1oc(C(F)(F)F)nc1-c1ccc(-c2ccccc2)cc1. The van der Waals surface area contributed by atoms with E-state index in [9.17, 15) is 13.2 Å². The smallest absolute Gasteiger partial charge is 0.438 e. The molecule has 2 aromatic carbocycles. The molecule has 0 aliphatic rings. The van der Waals surface area contributed by atoms with Gasteiger partial charge in [-0.15, -0.1) is 0 Å². The van der Waals surface area contributed by atoms with E-state index in [4.69, 9.17) is 4.42 Å². The predicted octanol–water partition coefficient (Wildman–Crippen LogP) is 5.34. The Kier molecular flexibility index (Phi) is 3.48. The van der Waals surface area contributed by atoms with Crippen molar-refractivity contribution in [3.63, 3.8) is 0 Å². The quantitative estimate of drug-likeness (QED) is 0.639. The van der Waals surface area contributed by atoms with Gasteiger partial charge in [0.1, 0.15) is 11.5 Å². The van der Waals surface area contributed by atoms with Crippen LogP contribution in [-0.2, 0) is 6.18 Å². The summed E-state index contributed by atoms with van der Waals surface area (Å²) in [5.74, 6) is -1.06. The third-order valence-electron chi connectivity index (χ3n) is 3.30. The molecule has 0 radical (unpaired) electrons. The predicted molar refractivity (Wildman–Crippen MR) is 77.1 cm³/mol. The Morgan fingerprint density at radius 3 is 1.91 bits per heavy atom. The first-order valence-electron chi connectivity index (χ1n) is 6.65. The van der Waals surface area contributed by atoms with Crippen molar-refractivity contribution in [1.82, 2.24) is 4.98 Å². The van der Waals surface area contributed by atoms with Gasteiger partial charge in [0.05, 0.1) is 0 Å². The van der Waals surface area contributed by atoms with Crippen LogP contribution in [0.25, 0.3) is 22.4 Å².